The highest BCUT2D eigenvalue weighted by Crippen LogP contribution is 2.76. The number of aliphatic hydroxyl groups is 3. The highest BCUT2D eigenvalue weighted by atomic mass is 16.6. The minimum atomic E-state index is -2.17. The summed E-state index contributed by atoms with van der Waals surface area (Å²) in [6, 6.07) is 0. The van der Waals surface area contributed by atoms with Crippen LogP contribution < -0.4 is 0 Å². The summed E-state index contributed by atoms with van der Waals surface area (Å²) in [5, 5.41) is 34.5. The summed E-state index contributed by atoms with van der Waals surface area (Å²) in [5.41, 5.74) is -2.35. The van der Waals surface area contributed by atoms with Crippen LogP contribution in [-0.2, 0) is 19.1 Å². The van der Waals surface area contributed by atoms with Crippen molar-refractivity contribution in [3.8, 4) is 0 Å². The van der Waals surface area contributed by atoms with Crippen molar-refractivity contribution >= 4 is 11.8 Å². The first-order valence-electron chi connectivity index (χ1n) is 10.7. The van der Waals surface area contributed by atoms with Gasteiger partial charge in [-0.25, -0.2) is 0 Å². The van der Waals surface area contributed by atoms with Gasteiger partial charge >= 0.3 is 5.97 Å². The van der Waals surface area contributed by atoms with Crippen molar-refractivity contribution in [1.29, 1.82) is 0 Å². The van der Waals surface area contributed by atoms with E-state index in [2.05, 4.69) is 6.58 Å². The minimum absolute atomic E-state index is 0.146. The van der Waals surface area contributed by atoms with E-state index in [9.17, 15) is 24.9 Å². The van der Waals surface area contributed by atoms with Gasteiger partial charge in [0.2, 0.25) is 5.79 Å². The third kappa shape index (κ3) is 1.94. The molecule has 0 aromatic carbocycles. The highest BCUT2D eigenvalue weighted by molar-refractivity contribution is 6.05. The van der Waals surface area contributed by atoms with Crippen molar-refractivity contribution in [2.45, 2.75) is 63.9 Å². The van der Waals surface area contributed by atoms with Crippen molar-refractivity contribution in [2.75, 3.05) is 13.2 Å². The van der Waals surface area contributed by atoms with E-state index in [0.717, 1.165) is 19.3 Å². The van der Waals surface area contributed by atoms with Gasteiger partial charge in [-0.05, 0) is 37.2 Å². The van der Waals surface area contributed by atoms with Gasteiger partial charge in [-0.2, -0.15) is 0 Å². The Kier molecular flexibility index (Phi) is 3.86. The molecule has 29 heavy (non-hydrogen) atoms. The number of hydrogen-bond acceptors (Lipinski definition) is 7. The largest absolute Gasteiger partial charge is 0.465 e. The molecule has 6 aliphatic rings. The molecule has 2 spiro atoms. The molecule has 7 heteroatoms. The van der Waals surface area contributed by atoms with Crippen LogP contribution in [0.2, 0.25) is 0 Å². The zero-order valence-electron chi connectivity index (χ0n) is 17.0. The molecule has 4 aliphatic carbocycles. The molecule has 9 atom stereocenters. The van der Waals surface area contributed by atoms with Crippen molar-refractivity contribution in [2.24, 2.45) is 34.0 Å². The van der Waals surface area contributed by atoms with Gasteiger partial charge in [0.1, 0.15) is 11.5 Å². The Morgan fingerprint density at radius 1 is 1.28 bits per heavy atom. The summed E-state index contributed by atoms with van der Waals surface area (Å²) >= 11 is 0. The molecule has 3 N–H and O–H groups in total. The number of fused-ring (bicyclic) bond motifs is 2. The zero-order chi connectivity index (χ0) is 21.0. The fourth-order valence-electron chi connectivity index (χ4n) is 8.24. The van der Waals surface area contributed by atoms with Crippen molar-refractivity contribution in [1.82, 2.24) is 0 Å². The molecule has 0 aromatic rings. The van der Waals surface area contributed by atoms with Gasteiger partial charge in [0.15, 0.2) is 5.78 Å². The summed E-state index contributed by atoms with van der Waals surface area (Å²) in [6.07, 6.45) is 1.15. The molecule has 0 amide bonds. The molecule has 2 heterocycles. The summed E-state index contributed by atoms with van der Waals surface area (Å²) < 4.78 is 11.3. The van der Waals surface area contributed by atoms with E-state index in [1.807, 2.05) is 6.92 Å². The quantitative estimate of drug-likeness (QED) is 0.462. The third-order valence-corrected chi connectivity index (χ3v) is 9.21. The average Bonchev–Trinajstić information content (AvgIpc) is 2.77. The maximum atomic E-state index is 13.5. The number of esters is 1. The summed E-state index contributed by atoms with van der Waals surface area (Å²) in [5.74, 6) is -4.02. The fourth-order valence-corrected chi connectivity index (χ4v) is 8.24. The molecule has 0 aromatic heterocycles. The van der Waals surface area contributed by atoms with E-state index in [0.29, 0.717) is 18.4 Å². The number of Topliss-reactive ketones (excluding diaryl/α,β-unsaturated/α-hetero) is 1. The lowest BCUT2D eigenvalue weighted by Gasteiger charge is -2.74. The molecule has 4 bridgehead atoms. The van der Waals surface area contributed by atoms with E-state index in [1.54, 1.807) is 0 Å². The third-order valence-electron chi connectivity index (χ3n) is 9.21. The smallest absolute Gasteiger partial charge is 0.302 e. The Morgan fingerprint density at radius 2 is 2.00 bits per heavy atom. The number of rotatable bonds is 2. The maximum absolute atomic E-state index is 13.5. The van der Waals surface area contributed by atoms with E-state index >= 15 is 0 Å². The van der Waals surface area contributed by atoms with Crippen LogP contribution in [0, 0.1) is 34.0 Å². The van der Waals surface area contributed by atoms with Crippen LogP contribution in [0.15, 0.2) is 12.2 Å². The van der Waals surface area contributed by atoms with Crippen LogP contribution in [0.25, 0.3) is 0 Å². The van der Waals surface area contributed by atoms with Crippen LogP contribution in [0.1, 0.15) is 46.0 Å². The van der Waals surface area contributed by atoms with Gasteiger partial charge in [0, 0.05) is 29.6 Å². The molecule has 0 radical (unpaired) electrons. The lowest BCUT2D eigenvalue weighted by atomic mass is 9.36. The SMILES string of the molecule is C=C1C(=O)[C@]23[C@H](O)[C@H]1CC[C@H]2C12CCCC(C)(COC(C)=O)[C@H]1[C@H](O)[C@]3(O)OC2. The van der Waals surface area contributed by atoms with Gasteiger partial charge in [-0.3, -0.25) is 9.59 Å². The molecular formula is C22H30O7. The van der Waals surface area contributed by atoms with Crippen LogP contribution in [0.3, 0.4) is 0 Å². The summed E-state index contributed by atoms with van der Waals surface area (Å²) in [4.78, 5) is 25.0. The van der Waals surface area contributed by atoms with Crippen molar-refractivity contribution in [3.05, 3.63) is 12.2 Å². The highest BCUT2D eigenvalue weighted by Gasteiger charge is 2.85. The first-order valence-corrected chi connectivity index (χ1v) is 10.7. The number of aliphatic hydroxyl groups excluding tert-OH is 2. The maximum Gasteiger partial charge on any atom is 0.302 e. The molecular weight excluding hydrogens is 376 g/mol. The normalized spacial score (nSPS) is 55.4. The monoisotopic (exact) mass is 406 g/mol. The second-order valence-electron chi connectivity index (χ2n) is 10.3. The molecule has 2 unspecified atom stereocenters. The van der Waals surface area contributed by atoms with Crippen LogP contribution in [0.4, 0.5) is 0 Å². The van der Waals surface area contributed by atoms with Crippen molar-refractivity contribution < 1.29 is 34.4 Å². The fraction of sp³-hybridized carbons (Fsp3) is 0.818. The van der Waals surface area contributed by atoms with E-state index < -0.39 is 46.1 Å². The van der Waals surface area contributed by atoms with Gasteiger partial charge in [-0.15, -0.1) is 0 Å². The number of carbonyl (C=O) groups excluding carboxylic acids is 2. The van der Waals surface area contributed by atoms with Gasteiger partial charge in [0.05, 0.1) is 19.3 Å². The van der Waals surface area contributed by atoms with E-state index in [-0.39, 0.29) is 30.9 Å². The van der Waals surface area contributed by atoms with Gasteiger partial charge in [0.25, 0.3) is 0 Å². The second-order valence-corrected chi connectivity index (χ2v) is 10.3. The van der Waals surface area contributed by atoms with Crippen LogP contribution in [0.5, 0.6) is 0 Å². The Morgan fingerprint density at radius 3 is 2.69 bits per heavy atom. The molecule has 2 saturated heterocycles. The molecule has 160 valence electrons. The molecule has 7 nitrogen and oxygen atoms in total. The first-order chi connectivity index (χ1) is 13.6. The number of carbonyl (C=O) groups is 2. The molecule has 4 saturated carbocycles. The second kappa shape index (κ2) is 5.69. The van der Waals surface area contributed by atoms with E-state index in [4.69, 9.17) is 9.47 Å². The molecule has 6 rings (SSSR count). The van der Waals surface area contributed by atoms with Gasteiger partial charge in [-0.1, -0.05) is 19.9 Å². The minimum Gasteiger partial charge on any atom is -0.465 e. The number of ether oxygens (including phenoxy) is 2. The standard InChI is InChI=1S/C22H30O7/c1-11-13-5-6-14-20-8-4-7-19(3,9-28-12(2)23)15(20)18(26)22(27,29-10-20)21(14,16(11)24)17(13)25/h13-15,17-18,25-27H,1,4-10H2,2-3H3/t13-,14-,15+,17+,18-,19?,20?,21-,22-/m0/s1. The topological polar surface area (TPSA) is 113 Å². The van der Waals surface area contributed by atoms with E-state index in [1.165, 1.54) is 6.92 Å². The Bertz CT molecular complexity index is 809. The Labute approximate surface area is 170 Å². The Hall–Kier alpha value is -1.28. The summed E-state index contributed by atoms with van der Waals surface area (Å²) in [6.45, 7) is 7.63. The average molecular weight is 406 g/mol. The number of hydrogen-bond donors (Lipinski definition) is 3. The molecule has 6 fully saturated rings. The van der Waals surface area contributed by atoms with Gasteiger partial charge < -0.3 is 24.8 Å². The number of ketones is 1. The Balaban J connectivity index is 1.68. The lowest BCUT2D eigenvalue weighted by Crippen LogP contribution is -2.84. The van der Waals surface area contributed by atoms with Crippen LogP contribution >= 0.6 is 0 Å². The predicted octanol–water partition coefficient (Wildman–Crippen LogP) is 0.948. The zero-order valence-corrected chi connectivity index (χ0v) is 17.0. The van der Waals surface area contributed by atoms with Crippen LogP contribution in [-0.4, -0.2) is 58.3 Å². The summed E-state index contributed by atoms with van der Waals surface area (Å²) in [7, 11) is 0. The molecule has 2 aliphatic heterocycles. The lowest BCUT2D eigenvalue weighted by molar-refractivity contribution is -0.450. The first kappa shape index (κ1) is 19.7. The predicted molar refractivity (Wildman–Crippen MR) is 100 cm³/mol. The van der Waals surface area contributed by atoms with Crippen molar-refractivity contribution in [3.63, 3.8) is 0 Å².